The molecule has 0 atom stereocenters. The highest BCUT2D eigenvalue weighted by atomic mass is 32.2. The molecule has 31 heavy (non-hydrogen) atoms. The van der Waals surface area contributed by atoms with Crippen LogP contribution in [0.25, 0.3) is 16.6 Å². The number of hydrogen-bond donors (Lipinski definition) is 1. The first-order valence-electron chi connectivity index (χ1n) is 10.0. The third-order valence-electron chi connectivity index (χ3n) is 5.00. The summed E-state index contributed by atoms with van der Waals surface area (Å²) in [5.41, 5.74) is 5.14. The van der Waals surface area contributed by atoms with Gasteiger partial charge in [0.2, 0.25) is 5.91 Å². The van der Waals surface area contributed by atoms with Gasteiger partial charge < -0.3 is 5.32 Å². The predicted molar refractivity (Wildman–Crippen MR) is 127 cm³/mol. The lowest BCUT2D eigenvalue weighted by Gasteiger charge is -2.14. The predicted octanol–water partition coefficient (Wildman–Crippen LogP) is 5.04. The van der Waals surface area contributed by atoms with Crippen LogP contribution in [-0.2, 0) is 4.79 Å². The topological polar surface area (TPSA) is 64.0 Å². The van der Waals surface area contributed by atoms with Gasteiger partial charge in [-0.25, -0.2) is 4.98 Å². The Morgan fingerprint density at radius 3 is 2.55 bits per heavy atom. The normalized spacial score (nSPS) is 10.9. The number of nitrogens with zero attached hydrogens (tertiary/aromatic N) is 2. The van der Waals surface area contributed by atoms with E-state index in [0.29, 0.717) is 16.1 Å². The first-order chi connectivity index (χ1) is 14.9. The maximum atomic E-state index is 13.3. The van der Waals surface area contributed by atoms with Gasteiger partial charge in [0, 0.05) is 5.69 Å². The van der Waals surface area contributed by atoms with Gasteiger partial charge >= 0.3 is 0 Å². The van der Waals surface area contributed by atoms with Crippen LogP contribution in [0.4, 0.5) is 5.69 Å². The monoisotopic (exact) mass is 429 g/mol. The number of fused-ring (bicyclic) bond motifs is 1. The van der Waals surface area contributed by atoms with E-state index >= 15 is 0 Å². The zero-order chi connectivity index (χ0) is 22.0. The number of amides is 1. The third-order valence-corrected chi connectivity index (χ3v) is 5.94. The molecule has 0 unspecified atom stereocenters. The Labute approximate surface area is 185 Å². The smallest absolute Gasteiger partial charge is 0.266 e. The van der Waals surface area contributed by atoms with Crippen molar-refractivity contribution in [2.45, 2.75) is 25.9 Å². The van der Waals surface area contributed by atoms with Crippen LogP contribution in [0.2, 0.25) is 0 Å². The minimum Gasteiger partial charge on any atom is -0.325 e. The molecule has 1 amide bonds. The Kier molecular flexibility index (Phi) is 5.91. The van der Waals surface area contributed by atoms with E-state index < -0.39 is 0 Å². The van der Waals surface area contributed by atoms with E-state index in [4.69, 9.17) is 4.98 Å². The number of thioether (sulfide) groups is 1. The molecule has 0 fully saturated rings. The number of carbonyl (C=O) groups excluding carboxylic acids is 1. The number of nitrogens with one attached hydrogen (secondary N) is 1. The Hall–Kier alpha value is -3.38. The molecular formula is C25H23N3O2S. The van der Waals surface area contributed by atoms with Gasteiger partial charge in [-0.05, 0) is 67.8 Å². The zero-order valence-corrected chi connectivity index (χ0v) is 18.5. The number of benzene rings is 3. The highest BCUT2D eigenvalue weighted by molar-refractivity contribution is 7.99. The van der Waals surface area contributed by atoms with Crippen molar-refractivity contribution in [3.8, 4) is 5.69 Å². The number of anilines is 1. The summed E-state index contributed by atoms with van der Waals surface area (Å²) in [6.07, 6.45) is 0. The molecule has 0 saturated heterocycles. The van der Waals surface area contributed by atoms with E-state index in [-0.39, 0.29) is 17.2 Å². The van der Waals surface area contributed by atoms with Crippen LogP contribution in [0.5, 0.6) is 0 Å². The maximum absolute atomic E-state index is 13.3. The number of carbonyl (C=O) groups is 1. The fraction of sp³-hybridized carbons (Fsp3) is 0.160. The standard InChI is InChI=1S/C25H23N3O2S/c1-16-7-6-8-19(13-16)28-24(30)20-9-4-5-10-21(20)27-25(28)31-15-23(29)26-22-14-17(2)11-12-18(22)3/h4-14H,15H2,1-3H3,(H,26,29). The first-order valence-corrected chi connectivity index (χ1v) is 11.0. The van der Waals surface area contributed by atoms with Gasteiger partial charge in [0.25, 0.3) is 5.56 Å². The van der Waals surface area contributed by atoms with Crippen molar-refractivity contribution in [1.82, 2.24) is 9.55 Å². The minimum atomic E-state index is -0.145. The number of para-hydroxylation sites is 1. The molecule has 156 valence electrons. The van der Waals surface area contributed by atoms with E-state index in [9.17, 15) is 9.59 Å². The summed E-state index contributed by atoms with van der Waals surface area (Å²) in [7, 11) is 0. The lowest BCUT2D eigenvalue weighted by molar-refractivity contribution is -0.113. The third kappa shape index (κ3) is 4.54. The summed E-state index contributed by atoms with van der Waals surface area (Å²) in [6.45, 7) is 5.93. The summed E-state index contributed by atoms with van der Waals surface area (Å²) in [6, 6.07) is 20.9. The molecule has 3 aromatic carbocycles. The average molecular weight is 430 g/mol. The van der Waals surface area contributed by atoms with Crippen molar-refractivity contribution in [3.05, 3.63) is 93.8 Å². The molecule has 1 N–H and O–H groups in total. The number of rotatable bonds is 5. The number of aryl methyl sites for hydroxylation is 3. The molecule has 0 aliphatic rings. The van der Waals surface area contributed by atoms with Gasteiger partial charge in [-0.1, -0.05) is 48.2 Å². The molecule has 1 aromatic heterocycles. The summed E-state index contributed by atoms with van der Waals surface area (Å²) in [4.78, 5) is 30.6. The lowest BCUT2D eigenvalue weighted by Crippen LogP contribution is -2.23. The molecule has 0 saturated carbocycles. The Morgan fingerprint density at radius 1 is 0.968 bits per heavy atom. The van der Waals surface area contributed by atoms with Gasteiger partial charge in [-0.3, -0.25) is 14.2 Å². The molecule has 5 nitrogen and oxygen atoms in total. The molecule has 4 aromatic rings. The zero-order valence-electron chi connectivity index (χ0n) is 17.7. The van der Waals surface area contributed by atoms with Crippen LogP contribution in [0.1, 0.15) is 16.7 Å². The summed E-state index contributed by atoms with van der Waals surface area (Å²) in [5.74, 6) is 0.00108. The second-order valence-corrected chi connectivity index (χ2v) is 8.49. The molecule has 4 rings (SSSR count). The minimum absolute atomic E-state index is 0.142. The largest absolute Gasteiger partial charge is 0.325 e. The molecule has 0 aliphatic heterocycles. The Bertz CT molecular complexity index is 1340. The second kappa shape index (κ2) is 8.78. The quantitative estimate of drug-likeness (QED) is 0.356. The van der Waals surface area contributed by atoms with Gasteiger partial charge in [0.05, 0.1) is 22.3 Å². The van der Waals surface area contributed by atoms with E-state index in [1.54, 1.807) is 10.6 Å². The van der Waals surface area contributed by atoms with Crippen LogP contribution in [0.15, 0.2) is 76.7 Å². The first kappa shape index (κ1) is 20.9. The molecule has 0 spiro atoms. The lowest BCUT2D eigenvalue weighted by atomic mass is 10.1. The maximum Gasteiger partial charge on any atom is 0.266 e. The molecule has 0 bridgehead atoms. The van der Waals surface area contributed by atoms with Crippen LogP contribution in [-0.4, -0.2) is 21.2 Å². The molecule has 6 heteroatoms. The van der Waals surface area contributed by atoms with E-state index in [0.717, 1.165) is 28.1 Å². The molecular weight excluding hydrogens is 406 g/mol. The Balaban J connectivity index is 1.68. The van der Waals surface area contributed by atoms with Gasteiger partial charge in [-0.15, -0.1) is 0 Å². The Morgan fingerprint density at radius 2 is 1.74 bits per heavy atom. The van der Waals surface area contributed by atoms with Crippen molar-refractivity contribution in [2.24, 2.45) is 0 Å². The van der Waals surface area contributed by atoms with Crippen molar-refractivity contribution >= 4 is 34.3 Å². The SMILES string of the molecule is Cc1cccc(-n2c(SCC(=O)Nc3cc(C)ccc3C)nc3ccccc3c2=O)c1. The average Bonchev–Trinajstić information content (AvgIpc) is 2.75. The fourth-order valence-corrected chi connectivity index (χ4v) is 4.20. The van der Waals surface area contributed by atoms with Crippen molar-refractivity contribution < 1.29 is 4.79 Å². The molecule has 0 aliphatic carbocycles. The number of aromatic nitrogens is 2. The van der Waals surface area contributed by atoms with E-state index in [1.165, 1.54) is 11.8 Å². The van der Waals surface area contributed by atoms with Crippen LogP contribution in [0.3, 0.4) is 0 Å². The van der Waals surface area contributed by atoms with Crippen LogP contribution in [0, 0.1) is 20.8 Å². The molecule has 0 radical (unpaired) electrons. The van der Waals surface area contributed by atoms with Gasteiger partial charge in [0.15, 0.2) is 5.16 Å². The van der Waals surface area contributed by atoms with Gasteiger partial charge in [-0.2, -0.15) is 0 Å². The molecule has 1 heterocycles. The van der Waals surface area contributed by atoms with Crippen LogP contribution < -0.4 is 10.9 Å². The highest BCUT2D eigenvalue weighted by Gasteiger charge is 2.15. The van der Waals surface area contributed by atoms with Crippen LogP contribution >= 0.6 is 11.8 Å². The summed E-state index contributed by atoms with van der Waals surface area (Å²) in [5, 5.41) is 4.01. The van der Waals surface area contributed by atoms with E-state index in [1.807, 2.05) is 81.4 Å². The highest BCUT2D eigenvalue weighted by Crippen LogP contribution is 2.23. The fourth-order valence-electron chi connectivity index (χ4n) is 3.39. The van der Waals surface area contributed by atoms with Gasteiger partial charge in [0.1, 0.15) is 0 Å². The second-order valence-electron chi connectivity index (χ2n) is 7.55. The summed E-state index contributed by atoms with van der Waals surface area (Å²) < 4.78 is 1.59. The number of hydrogen-bond acceptors (Lipinski definition) is 4. The van der Waals surface area contributed by atoms with E-state index in [2.05, 4.69) is 5.32 Å². The summed E-state index contributed by atoms with van der Waals surface area (Å²) >= 11 is 1.25. The van der Waals surface area contributed by atoms with Crippen molar-refractivity contribution in [2.75, 3.05) is 11.1 Å². The van der Waals surface area contributed by atoms with Crippen molar-refractivity contribution in [1.29, 1.82) is 0 Å². The van der Waals surface area contributed by atoms with Crippen molar-refractivity contribution in [3.63, 3.8) is 0 Å².